The zero-order valence-electron chi connectivity index (χ0n) is 22.2. The molecular weight excluding hydrogens is 380 g/mol. The quantitative estimate of drug-likeness (QED) is 0.470. The van der Waals surface area contributed by atoms with Gasteiger partial charge in [-0.05, 0) is 44.9 Å². The van der Waals surface area contributed by atoms with Crippen LogP contribution in [0.5, 0.6) is 0 Å². The van der Waals surface area contributed by atoms with Crippen molar-refractivity contribution in [3.05, 3.63) is 70.8 Å². The van der Waals surface area contributed by atoms with Crippen molar-refractivity contribution in [2.45, 2.75) is 85.5 Å². The number of aliphatic hydroxyl groups is 2. The zero-order valence-corrected chi connectivity index (χ0v) is 22.2. The predicted molar refractivity (Wildman–Crippen MR) is 137 cm³/mol. The van der Waals surface area contributed by atoms with Crippen molar-refractivity contribution in [3.8, 4) is 0 Å². The molecule has 0 aliphatic heterocycles. The molecule has 31 heavy (non-hydrogen) atoms. The number of aliphatic hydroxyl groups excluding tert-OH is 2. The first-order chi connectivity index (χ1) is 14.8. The van der Waals surface area contributed by atoms with E-state index in [1.54, 1.807) is 22.3 Å². The van der Waals surface area contributed by atoms with E-state index >= 15 is 0 Å². The van der Waals surface area contributed by atoms with Crippen molar-refractivity contribution in [1.29, 1.82) is 0 Å². The third-order valence-electron chi connectivity index (χ3n) is 7.66. The van der Waals surface area contributed by atoms with Gasteiger partial charge >= 0.3 is 0 Å². The molecule has 2 aromatic carbocycles. The number of hydrogen-bond donors (Lipinski definition) is 2. The molecule has 1 spiro atoms. The van der Waals surface area contributed by atoms with Gasteiger partial charge in [0.1, 0.15) is 0 Å². The van der Waals surface area contributed by atoms with Gasteiger partial charge in [0.2, 0.25) is 0 Å². The summed E-state index contributed by atoms with van der Waals surface area (Å²) < 4.78 is 0. The smallest absolute Gasteiger partial charge is 0.0319 e. The molecule has 0 radical (unpaired) electrons. The van der Waals surface area contributed by atoms with Crippen LogP contribution in [0.3, 0.4) is 0 Å². The maximum Gasteiger partial charge on any atom is 0.0319 e. The van der Waals surface area contributed by atoms with Gasteiger partial charge in [-0.1, -0.05) is 118 Å². The minimum absolute atomic E-state index is 0.139. The molecule has 2 unspecified atom stereocenters. The summed E-state index contributed by atoms with van der Waals surface area (Å²) in [5.74, 6) is 1.18. The molecule has 0 fully saturated rings. The monoisotopic (exact) mass is 428 g/mol. The normalized spacial score (nSPS) is 25.1. The maximum atomic E-state index is 7.00. The molecule has 2 nitrogen and oxygen atoms in total. The van der Waals surface area contributed by atoms with Gasteiger partial charge in [0.25, 0.3) is 0 Å². The molecule has 2 heteroatoms. The SMILES string of the molecule is CC.CC.CC1C(C)(C)c2ccccc2C12c1ccccc1C(C)(C)C2C.CO.CO. The molecule has 2 aromatic rings. The highest BCUT2D eigenvalue weighted by Crippen LogP contribution is 2.67. The fraction of sp³-hybridized carbons (Fsp3) is 0.586. The van der Waals surface area contributed by atoms with Crippen molar-refractivity contribution in [1.82, 2.24) is 0 Å². The average Bonchev–Trinajstić information content (AvgIpc) is 3.13. The third-order valence-corrected chi connectivity index (χ3v) is 7.66. The molecule has 2 atom stereocenters. The fourth-order valence-corrected chi connectivity index (χ4v) is 5.87. The summed E-state index contributed by atoms with van der Waals surface area (Å²) in [7, 11) is 2.00. The first-order valence-electron chi connectivity index (χ1n) is 11.9. The minimum Gasteiger partial charge on any atom is -0.400 e. The van der Waals surface area contributed by atoms with Gasteiger partial charge in [0.05, 0.1) is 0 Å². The summed E-state index contributed by atoms with van der Waals surface area (Å²) in [5.41, 5.74) is 6.79. The van der Waals surface area contributed by atoms with E-state index in [1.165, 1.54) is 0 Å². The molecule has 0 aromatic heterocycles. The number of fused-ring (bicyclic) bond motifs is 4. The summed E-state index contributed by atoms with van der Waals surface area (Å²) in [6.45, 7) is 22.7. The lowest BCUT2D eigenvalue weighted by Crippen LogP contribution is -2.43. The summed E-state index contributed by atoms with van der Waals surface area (Å²) in [6, 6.07) is 18.4. The molecule has 4 rings (SSSR count). The predicted octanol–water partition coefficient (Wildman–Crippen LogP) is 7.10. The second kappa shape index (κ2) is 11.8. The topological polar surface area (TPSA) is 40.5 Å². The summed E-state index contributed by atoms with van der Waals surface area (Å²) >= 11 is 0. The van der Waals surface area contributed by atoms with Crippen LogP contribution in [0.1, 0.15) is 91.5 Å². The van der Waals surface area contributed by atoms with Crippen LogP contribution in [0.25, 0.3) is 0 Å². The molecular formula is C29H48O2. The average molecular weight is 429 g/mol. The first-order valence-corrected chi connectivity index (χ1v) is 11.9. The van der Waals surface area contributed by atoms with Crippen LogP contribution >= 0.6 is 0 Å². The van der Waals surface area contributed by atoms with E-state index in [4.69, 9.17) is 10.2 Å². The van der Waals surface area contributed by atoms with Crippen LogP contribution in [-0.4, -0.2) is 24.4 Å². The first kappa shape index (κ1) is 29.4. The van der Waals surface area contributed by atoms with Gasteiger partial charge in [-0.25, -0.2) is 0 Å². The highest BCUT2D eigenvalue weighted by atomic mass is 16.2. The van der Waals surface area contributed by atoms with Gasteiger partial charge in [-0.3, -0.25) is 0 Å². The van der Waals surface area contributed by atoms with Crippen molar-refractivity contribution >= 4 is 0 Å². The van der Waals surface area contributed by atoms with Crippen LogP contribution in [0.15, 0.2) is 48.5 Å². The Kier molecular flexibility index (Phi) is 11.2. The van der Waals surface area contributed by atoms with Crippen LogP contribution < -0.4 is 0 Å². The van der Waals surface area contributed by atoms with E-state index in [-0.39, 0.29) is 16.2 Å². The van der Waals surface area contributed by atoms with Crippen LogP contribution in [0, 0.1) is 11.8 Å². The van der Waals surface area contributed by atoms with Crippen LogP contribution in [0.4, 0.5) is 0 Å². The van der Waals surface area contributed by atoms with Crippen molar-refractivity contribution in [2.24, 2.45) is 11.8 Å². The van der Waals surface area contributed by atoms with Gasteiger partial charge in [0.15, 0.2) is 0 Å². The maximum absolute atomic E-state index is 7.00. The standard InChI is InChI=1S/C23H28.2C2H6.2CH4O/c1-15-21(3,4)17-11-7-9-13-19(17)23(15)16(2)22(5,6)18-12-8-10-14-20(18)23;4*1-2/h7-16H,1-6H3;2*1-2H3;2*2H,1H3. The Labute approximate surface area is 192 Å². The lowest BCUT2D eigenvalue weighted by atomic mass is 9.60. The van der Waals surface area contributed by atoms with Crippen LogP contribution in [-0.2, 0) is 16.2 Å². The molecule has 0 heterocycles. The number of benzene rings is 2. The summed E-state index contributed by atoms with van der Waals surface area (Å²) in [4.78, 5) is 0. The zero-order chi connectivity index (χ0) is 24.6. The third kappa shape index (κ3) is 4.22. The Morgan fingerprint density at radius 2 is 0.742 bits per heavy atom. The van der Waals surface area contributed by atoms with Gasteiger partial charge in [-0.2, -0.15) is 0 Å². The van der Waals surface area contributed by atoms with Gasteiger partial charge in [0, 0.05) is 19.6 Å². The minimum atomic E-state index is 0.139. The van der Waals surface area contributed by atoms with Crippen LogP contribution in [0.2, 0.25) is 0 Å². The van der Waals surface area contributed by atoms with Gasteiger partial charge in [-0.15, -0.1) is 0 Å². The van der Waals surface area contributed by atoms with Gasteiger partial charge < -0.3 is 10.2 Å². The number of hydrogen-bond acceptors (Lipinski definition) is 2. The second-order valence-corrected chi connectivity index (χ2v) is 8.85. The summed E-state index contributed by atoms with van der Waals surface area (Å²) in [5, 5.41) is 14.0. The van der Waals surface area contributed by atoms with E-state index < -0.39 is 0 Å². The molecule has 2 aliphatic rings. The Bertz CT molecular complexity index is 721. The molecule has 2 aliphatic carbocycles. The fourth-order valence-electron chi connectivity index (χ4n) is 5.87. The Hall–Kier alpha value is -1.64. The van der Waals surface area contributed by atoms with E-state index in [0.29, 0.717) is 11.8 Å². The second-order valence-electron chi connectivity index (χ2n) is 8.85. The molecule has 0 amide bonds. The van der Waals surface area contributed by atoms with E-state index in [1.807, 2.05) is 27.7 Å². The highest BCUT2D eigenvalue weighted by molar-refractivity contribution is 5.61. The molecule has 0 saturated carbocycles. The van der Waals surface area contributed by atoms with Crippen molar-refractivity contribution in [3.63, 3.8) is 0 Å². The molecule has 176 valence electrons. The van der Waals surface area contributed by atoms with E-state index in [0.717, 1.165) is 14.2 Å². The van der Waals surface area contributed by atoms with E-state index in [9.17, 15) is 0 Å². The number of rotatable bonds is 0. The van der Waals surface area contributed by atoms with Crippen molar-refractivity contribution in [2.75, 3.05) is 14.2 Å². The Morgan fingerprint density at radius 1 is 0.516 bits per heavy atom. The lowest BCUT2D eigenvalue weighted by Gasteiger charge is -2.43. The Balaban J connectivity index is 0.00000102. The molecule has 0 bridgehead atoms. The van der Waals surface area contributed by atoms with Crippen molar-refractivity contribution < 1.29 is 10.2 Å². The summed E-state index contributed by atoms with van der Waals surface area (Å²) in [6.07, 6.45) is 0. The molecule has 0 saturated heterocycles. The highest BCUT2D eigenvalue weighted by Gasteiger charge is 2.64. The van der Waals surface area contributed by atoms with E-state index in [2.05, 4.69) is 90.1 Å². The lowest BCUT2D eigenvalue weighted by molar-refractivity contribution is 0.171. The Morgan fingerprint density at radius 3 is 1.00 bits per heavy atom. The largest absolute Gasteiger partial charge is 0.400 e. The molecule has 2 N–H and O–H groups in total.